The maximum atomic E-state index is 11.8. The van der Waals surface area contributed by atoms with Crippen LogP contribution < -0.4 is 0 Å². The normalized spacial score (nSPS) is 19.8. The zero-order valence-electron chi connectivity index (χ0n) is 18.7. The van der Waals surface area contributed by atoms with E-state index in [0.717, 1.165) is 17.1 Å². The van der Waals surface area contributed by atoms with Crippen LogP contribution in [-0.2, 0) is 14.3 Å². The van der Waals surface area contributed by atoms with Gasteiger partial charge in [-0.3, -0.25) is 0 Å². The average Bonchev–Trinajstić information content (AvgIpc) is 2.80. The summed E-state index contributed by atoms with van der Waals surface area (Å²) in [5.74, 6) is 1.31. The summed E-state index contributed by atoms with van der Waals surface area (Å²) in [6.45, 7) is 16.4. The first kappa shape index (κ1) is 22.5. The lowest BCUT2D eigenvalue weighted by Crippen LogP contribution is -2.22. The number of rotatable bonds is 3. The molecule has 0 spiro atoms. The van der Waals surface area contributed by atoms with E-state index in [4.69, 9.17) is 9.47 Å². The SMILES string of the molecule is CC(C)(C)C1=CC(=C/C=C/C=C/C2=C(C#N)C(=O)OC2(C)C)C=C(C(C)(C)C)O1. The molecule has 4 heteroatoms. The van der Waals surface area contributed by atoms with Crippen LogP contribution in [0.2, 0.25) is 0 Å². The average molecular weight is 394 g/mol. The Morgan fingerprint density at radius 3 is 2.00 bits per heavy atom. The molecule has 0 N–H and O–H groups in total. The lowest BCUT2D eigenvalue weighted by molar-refractivity contribution is -0.144. The van der Waals surface area contributed by atoms with Gasteiger partial charge in [-0.2, -0.15) is 5.26 Å². The molecule has 0 atom stereocenters. The first-order valence-corrected chi connectivity index (χ1v) is 9.81. The van der Waals surface area contributed by atoms with Crippen molar-refractivity contribution in [2.45, 2.75) is 61.0 Å². The van der Waals surface area contributed by atoms with Gasteiger partial charge in [0.25, 0.3) is 0 Å². The molecule has 0 saturated heterocycles. The number of cyclic esters (lactones) is 1. The maximum Gasteiger partial charge on any atom is 0.350 e. The fourth-order valence-electron chi connectivity index (χ4n) is 2.88. The minimum atomic E-state index is -0.791. The molecule has 154 valence electrons. The summed E-state index contributed by atoms with van der Waals surface area (Å²) in [4.78, 5) is 11.8. The van der Waals surface area contributed by atoms with Crippen LogP contribution in [0.3, 0.4) is 0 Å². The number of allylic oxidation sites excluding steroid dienone is 9. The second-order valence-electron chi connectivity index (χ2n) is 9.83. The number of hydrogen-bond donors (Lipinski definition) is 0. The number of esters is 1. The van der Waals surface area contributed by atoms with Crippen molar-refractivity contribution >= 4 is 5.97 Å². The van der Waals surface area contributed by atoms with Crippen molar-refractivity contribution in [2.24, 2.45) is 10.8 Å². The Morgan fingerprint density at radius 2 is 1.52 bits per heavy atom. The van der Waals surface area contributed by atoms with Crippen molar-refractivity contribution in [3.8, 4) is 6.07 Å². The summed E-state index contributed by atoms with van der Waals surface area (Å²) < 4.78 is 11.4. The van der Waals surface area contributed by atoms with Gasteiger partial charge in [0.2, 0.25) is 0 Å². The van der Waals surface area contributed by atoms with Crippen molar-refractivity contribution in [1.82, 2.24) is 0 Å². The molecule has 0 radical (unpaired) electrons. The monoisotopic (exact) mass is 393 g/mol. The van der Waals surface area contributed by atoms with Gasteiger partial charge in [0.1, 0.15) is 28.8 Å². The molecule has 0 aromatic rings. The summed E-state index contributed by atoms with van der Waals surface area (Å²) in [6, 6.07) is 1.94. The van der Waals surface area contributed by atoms with E-state index in [9.17, 15) is 10.1 Å². The van der Waals surface area contributed by atoms with Crippen molar-refractivity contribution in [3.63, 3.8) is 0 Å². The van der Waals surface area contributed by atoms with E-state index in [1.807, 2.05) is 30.4 Å². The van der Waals surface area contributed by atoms with E-state index in [-0.39, 0.29) is 16.4 Å². The van der Waals surface area contributed by atoms with Crippen LogP contribution in [0, 0.1) is 22.2 Å². The summed E-state index contributed by atoms with van der Waals surface area (Å²) >= 11 is 0. The zero-order valence-corrected chi connectivity index (χ0v) is 18.7. The standard InChI is InChI=1S/C25H31NO3/c1-23(2,3)20-14-17(15-21(28-20)24(4,5)6)12-10-9-11-13-19-18(16-26)22(27)29-25(19,7)8/h9-15H,1-8H3/b10-9+,13-11+. The van der Waals surface area contributed by atoms with Gasteiger partial charge in [0.05, 0.1) is 0 Å². The number of carbonyl (C=O) groups is 1. The molecule has 4 nitrogen and oxygen atoms in total. The third-order valence-electron chi connectivity index (χ3n) is 4.65. The highest BCUT2D eigenvalue weighted by Gasteiger charge is 2.39. The third kappa shape index (κ3) is 5.38. The number of hydrogen-bond acceptors (Lipinski definition) is 4. The molecule has 29 heavy (non-hydrogen) atoms. The molecular weight excluding hydrogens is 362 g/mol. The van der Waals surface area contributed by atoms with Gasteiger partial charge in [-0.15, -0.1) is 0 Å². The molecule has 0 amide bonds. The minimum Gasteiger partial charge on any atom is -0.465 e. The van der Waals surface area contributed by atoms with E-state index >= 15 is 0 Å². The van der Waals surface area contributed by atoms with Crippen molar-refractivity contribution in [1.29, 1.82) is 5.26 Å². The highest BCUT2D eigenvalue weighted by Crippen LogP contribution is 2.39. The van der Waals surface area contributed by atoms with Crippen LogP contribution in [0.1, 0.15) is 55.4 Å². The predicted molar refractivity (Wildman–Crippen MR) is 115 cm³/mol. The van der Waals surface area contributed by atoms with Gasteiger partial charge in [-0.25, -0.2) is 4.79 Å². The minimum absolute atomic E-state index is 0.0675. The summed E-state index contributed by atoms with van der Waals surface area (Å²) in [7, 11) is 0. The van der Waals surface area contributed by atoms with E-state index in [2.05, 4.69) is 53.7 Å². The Balaban J connectivity index is 2.27. The van der Waals surface area contributed by atoms with Gasteiger partial charge in [0, 0.05) is 16.4 Å². The summed E-state index contributed by atoms with van der Waals surface area (Å²) in [5, 5.41) is 9.20. The smallest absolute Gasteiger partial charge is 0.350 e. The van der Waals surface area contributed by atoms with Crippen LogP contribution in [0.5, 0.6) is 0 Å². The van der Waals surface area contributed by atoms with Crippen LogP contribution >= 0.6 is 0 Å². The molecule has 0 unspecified atom stereocenters. The highest BCUT2D eigenvalue weighted by molar-refractivity contribution is 5.97. The number of carbonyl (C=O) groups excluding carboxylic acids is 1. The van der Waals surface area contributed by atoms with Gasteiger partial charge in [-0.1, -0.05) is 71.9 Å². The Labute approximate surface area is 174 Å². The molecule has 2 rings (SSSR count). The molecule has 0 aliphatic carbocycles. The number of nitriles is 1. The van der Waals surface area contributed by atoms with Crippen molar-refractivity contribution in [3.05, 3.63) is 70.8 Å². The molecule has 2 aliphatic heterocycles. The Morgan fingerprint density at radius 1 is 0.966 bits per heavy atom. The largest absolute Gasteiger partial charge is 0.465 e. The molecule has 0 bridgehead atoms. The second-order valence-corrected chi connectivity index (χ2v) is 9.83. The van der Waals surface area contributed by atoms with Crippen LogP contribution in [0.4, 0.5) is 0 Å². The number of ether oxygens (including phenoxy) is 2. The lowest BCUT2D eigenvalue weighted by Gasteiger charge is -2.32. The van der Waals surface area contributed by atoms with E-state index in [1.165, 1.54) is 0 Å². The Hall–Kier alpha value is -2.80. The van der Waals surface area contributed by atoms with Crippen molar-refractivity contribution in [2.75, 3.05) is 0 Å². The van der Waals surface area contributed by atoms with Gasteiger partial charge in [0.15, 0.2) is 0 Å². The quantitative estimate of drug-likeness (QED) is 0.431. The van der Waals surface area contributed by atoms with Gasteiger partial charge in [-0.05, 0) is 31.6 Å². The Kier molecular flexibility index (Phi) is 6.13. The fraction of sp³-hybridized carbons (Fsp3) is 0.440. The van der Waals surface area contributed by atoms with Gasteiger partial charge < -0.3 is 9.47 Å². The summed E-state index contributed by atoms with van der Waals surface area (Å²) in [6.07, 6.45) is 13.5. The van der Waals surface area contributed by atoms with Crippen molar-refractivity contribution < 1.29 is 14.3 Å². The van der Waals surface area contributed by atoms with E-state index in [0.29, 0.717) is 5.57 Å². The first-order valence-electron chi connectivity index (χ1n) is 9.81. The maximum absolute atomic E-state index is 11.8. The van der Waals surface area contributed by atoms with Gasteiger partial charge >= 0.3 is 5.97 Å². The van der Waals surface area contributed by atoms with Crippen LogP contribution in [-0.4, -0.2) is 11.6 Å². The lowest BCUT2D eigenvalue weighted by atomic mass is 9.87. The molecule has 2 heterocycles. The summed E-state index contributed by atoms with van der Waals surface area (Å²) in [5.41, 5.74) is 0.756. The zero-order chi connectivity index (χ0) is 22.0. The second kappa shape index (κ2) is 7.91. The highest BCUT2D eigenvalue weighted by atomic mass is 16.6. The molecule has 0 aromatic carbocycles. The Bertz CT molecular complexity index is 883. The van der Waals surface area contributed by atoms with Crippen LogP contribution in [0.15, 0.2) is 70.8 Å². The molecule has 0 saturated carbocycles. The molecule has 0 aromatic heterocycles. The van der Waals surface area contributed by atoms with E-state index < -0.39 is 11.6 Å². The van der Waals surface area contributed by atoms with Crippen LogP contribution in [0.25, 0.3) is 0 Å². The third-order valence-corrected chi connectivity index (χ3v) is 4.65. The first-order chi connectivity index (χ1) is 13.3. The molecule has 0 fully saturated rings. The topological polar surface area (TPSA) is 59.3 Å². The number of nitrogens with zero attached hydrogens (tertiary/aromatic N) is 1. The molecular formula is C25H31NO3. The van der Waals surface area contributed by atoms with E-state index in [1.54, 1.807) is 19.9 Å². The molecule has 2 aliphatic rings. The predicted octanol–water partition coefficient (Wildman–Crippen LogP) is 6.07. The fourth-order valence-corrected chi connectivity index (χ4v) is 2.88.